The van der Waals surface area contributed by atoms with Crippen LogP contribution in [0.5, 0.6) is 0 Å². The van der Waals surface area contributed by atoms with Crippen molar-refractivity contribution in [2.45, 2.75) is 227 Å². The van der Waals surface area contributed by atoms with Gasteiger partial charge in [0.1, 0.15) is 0 Å². The van der Waals surface area contributed by atoms with E-state index in [2.05, 4.69) is 150 Å². The molecule has 0 aliphatic heterocycles. The third-order valence-corrected chi connectivity index (χ3v) is 30.3. The molecule has 0 spiro atoms. The molecule has 12 rings (SSSR count). The smallest absolute Gasteiger partial charge is 0.0462 e. The SMILES string of the molecule is c1ccc(P(C2CCCCC2)C2CCCCC2)c(-c2ccc(N(c3ccc(-c4ccc(P(C5CCCCC5)C5CCCCC5)cc4)cc3)c3ccc(-c4ccccc4P(C4CCCCC4)C4CCCCC4)cc3)cc2)c1. The Morgan fingerprint density at radius 2 is 0.487 bits per heavy atom. The van der Waals surface area contributed by atoms with Crippen LogP contribution in [0.1, 0.15) is 193 Å². The monoisotopic (exact) mass is 1060 g/mol. The van der Waals surface area contributed by atoms with Crippen LogP contribution in [0.4, 0.5) is 17.1 Å². The van der Waals surface area contributed by atoms with Gasteiger partial charge in [-0.3, -0.25) is 0 Å². The minimum absolute atomic E-state index is 0.103. The predicted octanol–water partition coefficient (Wildman–Crippen LogP) is 21.5. The third-order valence-electron chi connectivity index (χ3n) is 19.7. The van der Waals surface area contributed by atoms with Gasteiger partial charge in [0.15, 0.2) is 0 Å². The fourth-order valence-electron chi connectivity index (χ4n) is 15.8. The second-order valence-electron chi connectivity index (χ2n) is 24.5. The molecule has 0 saturated heterocycles. The minimum Gasteiger partial charge on any atom is -0.311 e. The predicted molar refractivity (Wildman–Crippen MR) is 338 cm³/mol. The first-order valence-electron chi connectivity index (χ1n) is 31.5. The summed E-state index contributed by atoms with van der Waals surface area (Å²) in [5.74, 6) is 0. The van der Waals surface area contributed by atoms with E-state index in [-0.39, 0.29) is 23.8 Å². The molecule has 0 unspecified atom stereocenters. The van der Waals surface area contributed by atoms with E-state index in [1.807, 2.05) is 0 Å². The summed E-state index contributed by atoms with van der Waals surface area (Å²) < 4.78 is 0. The molecule has 0 bridgehead atoms. The molecule has 4 heteroatoms. The van der Waals surface area contributed by atoms with Crippen LogP contribution < -0.4 is 20.8 Å². The first kappa shape index (κ1) is 53.1. The van der Waals surface area contributed by atoms with Gasteiger partial charge in [-0.1, -0.05) is 249 Å². The van der Waals surface area contributed by atoms with Crippen LogP contribution in [0.2, 0.25) is 0 Å². The van der Waals surface area contributed by atoms with Gasteiger partial charge >= 0.3 is 0 Å². The van der Waals surface area contributed by atoms with E-state index in [0.717, 1.165) is 34.0 Å². The van der Waals surface area contributed by atoms with Crippen LogP contribution in [0, 0.1) is 0 Å². The van der Waals surface area contributed by atoms with Crippen LogP contribution in [0.25, 0.3) is 33.4 Å². The summed E-state index contributed by atoms with van der Waals surface area (Å²) in [5, 5.41) is 5.06. The molecule has 1 nitrogen and oxygen atoms in total. The molecule has 0 N–H and O–H groups in total. The lowest BCUT2D eigenvalue weighted by Gasteiger charge is -2.39. The quantitative estimate of drug-likeness (QED) is 0.0927. The largest absolute Gasteiger partial charge is 0.311 e. The Bertz CT molecular complexity index is 2530. The number of hydrogen-bond donors (Lipinski definition) is 0. The average Bonchev–Trinajstić information content (AvgIpc) is 3.51. The minimum atomic E-state index is -0.209. The number of hydrogen-bond acceptors (Lipinski definition) is 1. The first-order chi connectivity index (χ1) is 37.7. The van der Waals surface area contributed by atoms with Crippen molar-refractivity contribution in [2.75, 3.05) is 4.90 Å². The molecule has 76 heavy (non-hydrogen) atoms. The molecular formula is C72H90NP3. The van der Waals surface area contributed by atoms with Gasteiger partial charge in [-0.25, -0.2) is 0 Å². The second kappa shape index (κ2) is 26.1. The van der Waals surface area contributed by atoms with Gasteiger partial charge < -0.3 is 4.90 Å². The summed E-state index contributed by atoms with van der Waals surface area (Å²) in [7, 11) is -0.521. The first-order valence-corrected chi connectivity index (χ1v) is 35.9. The van der Waals surface area contributed by atoms with E-state index in [0.29, 0.717) is 0 Å². The molecule has 6 fully saturated rings. The highest BCUT2D eigenvalue weighted by Gasteiger charge is 2.36. The van der Waals surface area contributed by atoms with Crippen molar-refractivity contribution in [2.24, 2.45) is 0 Å². The van der Waals surface area contributed by atoms with E-state index in [9.17, 15) is 0 Å². The standard InChI is InChI=1S/C72H90NP3/c1-7-23-62(24-8-1)74(63-25-9-2-10-26-63)68-53-45-56(46-54-68)55-39-47-59(48-40-55)73(60-49-41-57(42-50-60)69-35-19-21-37-71(69)75(64-27-11-3-12-28-64)65-29-13-4-14-30-65)61-51-43-58(44-52-61)70-36-20-22-38-72(70)76(66-31-15-5-16-32-66)67-33-17-6-18-34-67/h19-22,35-54,62-67H,1-18,23-34H2. The number of anilines is 3. The summed E-state index contributed by atoms with van der Waals surface area (Å²) in [6.07, 6.45) is 43.1. The Balaban J connectivity index is 0.876. The highest BCUT2D eigenvalue weighted by molar-refractivity contribution is 7.68. The zero-order chi connectivity index (χ0) is 50.9. The molecule has 0 radical (unpaired) electrons. The number of rotatable bonds is 15. The van der Waals surface area contributed by atoms with Gasteiger partial charge in [-0.15, -0.1) is 0 Å². The average molecular weight is 1060 g/mol. The molecule has 6 aromatic carbocycles. The van der Waals surface area contributed by atoms with Gasteiger partial charge in [0.2, 0.25) is 0 Å². The Morgan fingerprint density at radius 3 is 0.789 bits per heavy atom. The van der Waals surface area contributed by atoms with Gasteiger partial charge in [0, 0.05) is 17.1 Å². The van der Waals surface area contributed by atoms with E-state index < -0.39 is 0 Å². The van der Waals surface area contributed by atoms with Crippen LogP contribution in [0.3, 0.4) is 0 Å². The zero-order valence-electron chi connectivity index (χ0n) is 46.3. The molecule has 0 amide bonds. The van der Waals surface area contributed by atoms with Crippen molar-refractivity contribution in [3.8, 4) is 33.4 Å². The van der Waals surface area contributed by atoms with Crippen LogP contribution >= 0.6 is 23.8 Å². The molecule has 0 heterocycles. The summed E-state index contributed by atoms with van der Waals surface area (Å²) in [6.45, 7) is 0. The lowest BCUT2D eigenvalue weighted by molar-refractivity contribution is 0.487. The van der Waals surface area contributed by atoms with E-state index >= 15 is 0 Å². The summed E-state index contributed by atoms with van der Waals surface area (Å²) in [5.41, 5.74) is 17.5. The maximum absolute atomic E-state index is 2.56. The van der Waals surface area contributed by atoms with Crippen molar-refractivity contribution in [1.82, 2.24) is 0 Å². The van der Waals surface area contributed by atoms with Crippen molar-refractivity contribution < 1.29 is 0 Å². The lowest BCUT2D eigenvalue weighted by Crippen LogP contribution is -2.27. The maximum atomic E-state index is 2.56. The number of nitrogens with zero attached hydrogens (tertiary/aromatic N) is 1. The number of benzene rings is 6. The highest BCUT2D eigenvalue weighted by atomic mass is 31.1. The maximum Gasteiger partial charge on any atom is 0.0462 e. The highest BCUT2D eigenvalue weighted by Crippen LogP contribution is 2.59. The Morgan fingerprint density at radius 1 is 0.237 bits per heavy atom. The lowest BCUT2D eigenvalue weighted by atomic mass is 9.99. The molecule has 6 aliphatic rings. The molecule has 6 aliphatic carbocycles. The summed E-state index contributed by atoms with van der Waals surface area (Å²) >= 11 is 0. The van der Waals surface area contributed by atoms with Crippen molar-refractivity contribution in [1.29, 1.82) is 0 Å². The zero-order valence-corrected chi connectivity index (χ0v) is 49.0. The van der Waals surface area contributed by atoms with Crippen molar-refractivity contribution in [3.05, 3.63) is 146 Å². The summed E-state index contributed by atoms with van der Waals surface area (Å²) in [6, 6.07) is 58.6. The van der Waals surface area contributed by atoms with Crippen LogP contribution in [-0.4, -0.2) is 34.0 Å². The molecule has 6 saturated carbocycles. The van der Waals surface area contributed by atoms with Crippen LogP contribution in [-0.2, 0) is 0 Å². The van der Waals surface area contributed by atoms with E-state index in [1.54, 1.807) is 15.9 Å². The second-order valence-corrected chi connectivity index (χ2v) is 32.8. The Hall–Kier alpha value is -3.59. The molecule has 6 aromatic rings. The van der Waals surface area contributed by atoms with Crippen molar-refractivity contribution in [3.63, 3.8) is 0 Å². The van der Waals surface area contributed by atoms with E-state index in [1.165, 1.54) is 243 Å². The molecule has 398 valence electrons. The summed E-state index contributed by atoms with van der Waals surface area (Å²) in [4.78, 5) is 2.54. The van der Waals surface area contributed by atoms with Gasteiger partial charge in [0.25, 0.3) is 0 Å². The van der Waals surface area contributed by atoms with Gasteiger partial charge in [-0.2, -0.15) is 0 Å². The molecular weight excluding hydrogens is 972 g/mol. The molecule has 0 aromatic heterocycles. The fourth-order valence-corrected chi connectivity index (χ4v) is 27.5. The van der Waals surface area contributed by atoms with Gasteiger partial charge in [-0.05, 0) is 197 Å². The normalized spacial score (nSPS) is 20.4. The van der Waals surface area contributed by atoms with E-state index in [4.69, 9.17) is 0 Å². The topological polar surface area (TPSA) is 3.24 Å². The fraction of sp³-hybridized carbons (Fsp3) is 0.500. The molecule has 0 atom stereocenters. The van der Waals surface area contributed by atoms with Gasteiger partial charge in [0.05, 0.1) is 0 Å². The Labute approximate surface area is 464 Å². The van der Waals surface area contributed by atoms with Crippen molar-refractivity contribution >= 4 is 56.7 Å². The Kier molecular flexibility index (Phi) is 18.2. The third kappa shape index (κ3) is 12.2. The van der Waals surface area contributed by atoms with Crippen LogP contribution in [0.15, 0.2) is 146 Å².